The third kappa shape index (κ3) is 1.77. The van der Waals surface area contributed by atoms with Gasteiger partial charge in [-0.25, -0.2) is 0 Å². The molecule has 0 aliphatic carbocycles. The van der Waals surface area contributed by atoms with Crippen molar-refractivity contribution < 1.29 is 0 Å². The Balaban J connectivity index is 2.50. The van der Waals surface area contributed by atoms with Crippen molar-refractivity contribution in [2.45, 2.75) is 6.92 Å². The average molecular weight is 195 g/mol. The van der Waals surface area contributed by atoms with Crippen molar-refractivity contribution in [3.8, 4) is 11.8 Å². The summed E-state index contributed by atoms with van der Waals surface area (Å²) >= 11 is 0. The van der Waals surface area contributed by atoms with Gasteiger partial charge in [0.2, 0.25) is 0 Å². The van der Waals surface area contributed by atoms with Gasteiger partial charge < -0.3 is 4.57 Å². The molecule has 1 radical (unpaired) electrons. The maximum Gasteiger partial charge on any atom is 0.0915 e. The number of hydrogen-bond donors (Lipinski definition) is 0. The molecule has 1 aromatic carbocycles. The zero-order chi connectivity index (χ0) is 10.7. The van der Waals surface area contributed by atoms with Crippen LogP contribution in [0.2, 0.25) is 0 Å². The Kier molecular flexibility index (Phi) is 2.55. The number of benzene rings is 1. The first-order valence-electron chi connectivity index (χ1n) is 4.78. The van der Waals surface area contributed by atoms with Crippen LogP contribution in [0.25, 0.3) is 5.69 Å². The Morgan fingerprint density at radius 3 is 2.60 bits per heavy atom. The lowest BCUT2D eigenvalue weighted by Gasteiger charge is -2.09. The Morgan fingerprint density at radius 2 is 1.93 bits per heavy atom. The molecular formula is C13H11N2. The lowest BCUT2D eigenvalue weighted by atomic mass is 10.0. The standard InChI is InChI=1S/C13H11N2/c1-11-12(7-8-14)5-4-6-13(11)15-9-2-3-10-15/h2-7,9-10H,1H3. The van der Waals surface area contributed by atoms with Crippen LogP contribution < -0.4 is 0 Å². The Morgan fingerprint density at radius 1 is 1.20 bits per heavy atom. The van der Waals surface area contributed by atoms with E-state index in [-0.39, 0.29) is 0 Å². The highest BCUT2D eigenvalue weighted by atomic mass is 14.9. The Bertz CT molecular complexity index is 490. The lowest BCUT2D eigenvalue weighted by molar-refractivity contribution is 1.05. The minimum absolute atomic E-state index is 0.976. The first kappa shape index (κ1) is 9.54. The highest BCUT2D eigenvalue weighted by Gasteiger charge is 2.04. The molecule has 15 heavy (non-hydrogen) atoms. The Hall–Kier alpha value is -2.01. The smallest absolute Gasteiger partial charge is 0.0915 e. The van der Waals surface area contributed by atoms with E-state index in [1.807, 2.05) is 54.2 Å². The molecule has 2 nitrogen and oxygen atoms in total. The number of hydrogen-bond acceptors (Lipinski definition) is 1. The molecule has 0 atom stereocenters. The fraction of sp³-hybridized carbons (Fsp3) is 0.0769. The fourth-order valence-electron chi connectivity index (χ4n) is 1.64. The molecule has 0 unspecified atom stereocenters. The molecule has 2 aromatic rings. The quantitative estimate of drug-likeness (QED) is 0.724. The summed E-state index contributed by atoms with van der Waals surface area (Å²) in [6.07, 6.45) is 5.57. The summed E-state index contributed by atoms with van der Waals surface area (Å²) in [6, 6.07) is 12.0. The molecule has 0 aliphatic heterocycles. The Labute approximate surface area is 89.4 Å². The van der Waals surface area contributed by atoms with Crippen LogP contribution in [0.4, 0.5) is 0 Å². The second kappa shape index (κ2) is 4.02. The van der Waals surface area contributed by atoms with Crippen LogP contribution >= 0.6 is 0 Å². The summed E-state index contributed by atoms with van der Waals surface area (Å²) in [5.74, 6) is 0. The van der Waals surface area contributed by atoms with Gasteiger partial charge in [0.05, 0.1) is 12.5 Å². The van der Waals surface area contributed by atoms with Crippen molar-refractivity contribution in [3.05, 3.63) is 60.3 Å². The minimum Gasteiger partial charge on any atom is -0.324 e. The van der Waals surface area contributed by atoms with E-state index in [1.54, 1.807) is 6.42 Å². The van der Waals surface area contributed by atoms with Crippen LogP contribution in [0, 0.1) is 24.7 Å². The molecular weight excluding hydrogens is 184 g/mol. The van der Waals surface area contributed by atoms with Crippen molar-refractivity contribution in [1.29, 1.82) is 5.26 Å². The zero-order valence-corrected chi connectivity index (χ0v) is 8.51. The predicted octanol–water partition coefficient (Wildman–Crippen LogP) is 2.86. The highest BCUT2D eigenvalue weighted by molar-refractivity contribution is 5.49. The maximum atomic E-state index is 8.65. The summed E-state index contributed by atoms with van der Waals surface area (Å²) in [6.45, 7) is 2.03. The highest BCUT2D eigenvalue weighted by Crippen LogP contribution is 2.19. The van der Waals surface area contributed by atoms with E-state index in [1.165, 1.54) is 0 Å². The lowest BCUT2D eigenvalue weighted by Crippen LogP contribution is -1.96. The molecule has 0 amide bonds. The molecule has 1 aromatic heterocycles. The fourth-order valence-corrected chi connectivity index (χ4v) is 1.64. The first-order chi connectivity index (χ1) is 7.33. The second-order valence-electron chi connectivity index (χ2n) is 3.36. The van der Waals surface area contributed by atoms with Gasteiger partial charge in [-0.15, -0.1) is 0 Å². The zero-order valence-electron chi connectivity index (χ0n) is 8.51. The normalized spacial score (nSPS) is 9.87. The van der Waals surface area contributed by atoms with Crippen LogP contribution in [-0.2, 0) is 0 Å². The van der Waals surface area contributed by atoms with Gasteiger partial charge in [-0.2, -0.15) is 5.26 Å². The van der Waals surface area contributed by atoms with Crippen molar-refractivity contribution in [2.75, 3.05) is 0 Å². The van der Waals surface area contributed by atoms with Gasteiger partial charge in [0.25, 0.3) is 0 Å². The van der Waals surface area contributed by atoms with E-state index in [0.29, 0.717) is 0 Å². The van der Waals surface area contributed by atoms with Gasteiger partial charge in [-0.05, 0) is 36.2 Å². The van der Waals surface area contributed by atoms with Crippen molar-refractivity contribution in [2.24, 2.45) is 0 Å². The summed E-state index contributed by atoms with van der Waals surface area (Å²) < 4.78 is 2.05. The van der Waals surface area contributed by atoms with E-state index in [2.05, 4.69) is 6.07 Å². The van der Waals surface area contributed by atoms with Crippen molar-refractivity contribution >= 4 is 0 Å². The molecule has 0 aliphatic rings. The van der Waals surface area contributed by atoms with Gasteiger partial charge in [0.15, 0.2) is 0 Å². The monoisotopic (exact) mass is 195 g/mol. The summed E-state index contributed by atoms with van der Waals surface area (Å²) in [5.41, 5.74) is 3.21. The van der Waals surface area contributed by atoms with Crippen LogP contribution in [0.1, 0.15) is 11.1 Å². The van der Waals surface area contributed by atoms with Gasteiger partial charge in [0, 0.05) is 18.1 Å². The molecule has 0 saturated heterocycles. The number of nitrogens with zero attached hydrogens (tertiary/aromatic N) is 2. The van der Waals surface area contributed by atoms with Crippen LogP contribution in [-0.4, -0.2) is 4.57 Å². The molecule has 0 bridgehead atoms. The molecule has 2 rings (SSSR count). The van der Waals surface area contributed by atoms with E-state index in [4.69, 9.17) is 5.26 Å². The van der Waals surface area contributed by atoms with E-state index in [0.717, 1.165) is 16.8 Å². The summed E-state index contributed by atoms with van der Waals surface area (Å²) in [4.78, 5) is 0. The van der Waals surface area contributed by atoms with E-state index >= 15 is 0 Å². The number of aromatic nitrogens is 1. The first-order valence-corrected chi connectivity index (χ1v) is 4.78. The number of rotatable bonds is 2. The number of nitriles is 1. The second-order valence-corrected chi connectivity index (χ2v) is 3.36. The van der Waals surface area contributed by atoms with Crippen LogP contribution in [0.15, 0.2) is 42.7 Å². The van der Waals surface area contributed by atoms with Crippen molar-refractivity contribution in [3.63, 3.8) is 0 Å². The molecule has 0 N–H and O–H groups in total. The molecule has 1 heterocycles. The largest absolute Gasteiger partial charge is 0.324 e. The van der Waals surface area contributed by atoms with Gasteiger partial charge in [-0.1, -0.05) is 12.1 Å². The van der Waals surface area contributed by atoms with E-state index in [9.17, 15) is 0 Å². The molecule has 2 heteroatoms. The molecule has 0 spiro atoms. The predicted molar refractivity (Wildman–Crippen MR) is 59.5 cm³/mol. The van der Waals surface area contributed by atoms with Crippen molar-refractivity contribution in [1.82, 2.24) is 4.57 Å². The van der Waals surface area contributed by atoms with Crippen LogP contribution in [0.5, 0.6) is 0 Å². The summed E-state index contributed by atoms with van der Waals surface area (Å²) in [5, 5.41) is 8.65. The third-order valence-corrected chi connectivity index (χ3v) is 2.45. The minimum atomic E-state index is 0.976. The van der Waals surface area contributed by atoms with Gasteiger partial charge in [0.1, 0.15) is 0 Å². The van der Waals surface area contributed by atoms with Crippen LogP contribution in [0.3, 0.4) is 0 Å². The molecule has 73 valence electrons. The molecule has 0 saturated carbocycles. The van der Waals surface area contributed by atoms with E-state index < -0.39 is 0 Å². The average Bonchev–Trinajstić information content (AvgIpc) is 2.74. The van der Waals surface area contributed by atoms with Gasteiger partial charge >= 0.3 is 0 Å². The molecule has 0 fully saturated rings. The topological polar surface area (TPSA) is 28.7 Å². The SMILES string of the molecule is Cc1c([CH]C#N)cccc1-n1cccc1. The maximum absolute atomic E-state index is 8.65. The van der Waals surface area contributed by atoms with Gasteiger partial charge in [-0.3, -0.25) is 0 Å². The third-order valence-electron chi connectivity index (χ3n) is 2.45. The summed E-state index contributed by atoms with van der Waals surface area (Å²) in [7, 11) is 0.